The molecule has 0 saturated heterocycles. The summed E-state index contributed by atoms with van der Waals surface area (Å²) in [5, 5.41) is 12.0. The molecule has 0 aliphatic carbocycles. The van der Waals surface area contributed by atoms with Crippen molar-refractivity contribution in [1.29, 1.82) is 5.26 Å². The number of nitrogens with zero attached hydrogens (tertiary/aromatic N) is 2. The van der Waals surface area contributed by atoms with Gasteiger partial charge >= 0.3 is 0 Å². The normalized spacial score (nSPS) is 10.3. The average molecular weight is 250 g/mol. The van der Waals surface area contributed by atoms with Gasteiger partial charge in [-0.2, -0.15) is 5.26 Å². The first-order valence-electron chi connectivity index (χ1n) is 5.66. The summed E-state index contributed by atoms with van der Waals surface area (Å²) in [5.41, 5.74) is 10.1. The molecule has 0 atom stereocenters. The smallest absolute Gasteiger partial charge is 0.181 e. The maximum absolute atomic E-state index is 8.79. The molecule has 0 bridgehead atoms. The van der Waals surface area contributed by atoms with Crippen molar-refractivity contribution in [2.24, 2.45) is 0 Å². The van der Waals surface area contributed by atoms with Crippen LogP contribution < -0.4 is 11.1 Å². The number of aromatic nitrogens is 1. The first-order valence-corrected chi connectivity index (χ1v) is 5.66. The summed E-state index contributed by atoms with van der Waals surface area (Å²) >= 11 is 0. The Balaban J connectivity index is 1.94. The third kappa shape index (κ3) is 2.07. The Kier molecular flexibility index (Phi) is 2.54. The molecule has 5 nitrogen and oxygen atoms in total. The lowest BCUT2D eigenvalue weighted by Crippen LogP contribution is -1.96. The first-order chi connectivity index (χ1) is 9.26. The summed E-state index contributed by atoms with van der Waals surface area (Å²) in [6, 6.07) is 12.8. The van der Waals surface area contributed by atoms with Gasteiger partial charge in [-0.3, -0.25) is 0 Å². The van der Waals surface area contributed by atoms with Crippen LogP contribution in [0.25, 0.3) is 11.1 Å². The van der Waals surface area contributed by atoms with Gasteiger partial charge in [0.15, 0.2) is 12.0 Å². The number of rotatable bonds is 2. The van der Waals surface area contributed by atoms with E-state index >= 15 is 0 Å². The van der Waals surface area contributed by atoms with Crippen LogP contribution in [0.3, 0.4) is 0 Å². The van der Waals surface area contributed by atoms with Gasteiger partial charge in [0.25, 0.3) is 0 Å². The van der Waals surface area contributed by atoms with Crippen LogP contribution in [0.4, 0.5) is 17.1 Å². The van der Waals surface area contributed by atoms with E-state index in [4.69, 9.17) is 15.4 Å². The van der Waals surface area contributed by atoms with Crippen molar-refractivity contribution in [2.45, 2.75) is 0 Å². The zero-order valence-corrected chi connectivity index (χ0v) is 9.92. The number of hydrogen-bond acceptors (Lipinski definition) is 5. The van der Waals surface area contributed by atoms with Gasteiger partial charge in [0.1, 0.15) is 5.52 Å². The second-order valence-electron chi connectivity index (χ2n) is 4.07. The molecule has 5 heteroatoms. The van der Waals surface area contributed by atoms with Crippen LogP contribution >= 0.6 is 0 Å². The number of hydrogen-bond donors (Lipinski definition) is 2. The second-order valence-corrected chi connectivity index (χ2v) is 4.07. The summed E-state index contributed by atoms with van der Waals surface area (Å²) in [6.07, 6.45) is 1.41. The van der Waals surface area contributed by atoms with Gasteiger partial charge < -0.3 is 15.5 Å². The minimum absolute atomic E-state index is 0.525. The fourth-order valence-corrected chi connectivity index (χ4v) is 1.83. The molecule has 92 valence electrons. The predicted molar refractivity (Wildman–Crippen MR) is 72.9 cm³/mol. The van der Waals surface area contributed by atoms with Crippen molar-refractivity contribution in [1.82, 2.24) is 4.98 Å². The molecule has 3 aromatic rings. The van der Waals surface area contributed by atoms with Crippen molar-refractivity contribution in [3.63, 3.8) is 0 Å². The zero-order valence-electron chi connectivity index (χ0n) is 9.92. The Morgan fingerprint density at radius 3 is 2.89 bits per heavy atom. The first kappa shape index (κ1) is 11.1. The second kappa shape index (κ2) is 4.35. The Labute approximate surface area is 109 Å². The van der Waals surface area contributed by atoms with Gasteiger partial charge in [0.2, 0.25) is 0 Å². The topological polar surface area (TPSA) is 87.9 Å². The zero-order chi connectivity index (χ0) is 13.2. The lowest BCUT2D eigenvalue weighted by molar-refractivity contribution is 0.602. The van der Waals surface area contributed by atoms with Gasteiger partial charge in [-0.05, 0) is 30.3 Å². The van der Waals surface area contributed by atoms with E-state index in [0.717, 1.165) is 16.9 Å². The summed E-state index contributed by atoms with van der Waals surface area (Å²) < 4.78 is 5.24. The lowest BCUT2D eigenvalue weighted by Gasteiger charge is -2.09. The number of nitrogen functional groups attached to an aromatic ring is 1. The molecule has 0 fully saturated rings. The van der Waals surface area contributed by atoms with E-state index in [0.29, 0.717) is 16.8 Å². The molecule has 1 aromatic heterocycles. The number of oxazole rings is 1. The highest BCUT2D eigenvalue weighted by molar-refractivity contribution is 5.81. The molecule has 0 saturated carbocycles. The van der Waals surface area contributed by atoms with Crippen LogP contribution in [-0.2, 0) is 0 Å². The monoisotopic (exact) mass is 250 g/mol. The van der Waals surface area contributed by atoms with Gasteiger partial charge in [0.05, 0.1) is 23.0 Å². The number of benzene rings is 2. The van der Waals surface area contributed by atoms with Crippen molar-refractivity contribution in [2.75, 3.05) is 11.1 Å². The van der Waals surface area contributed by atoms with Gasteiger partial charge in [-0.1, -0.05) is 0 Å². The standard InChI is InChI=1S/C14H10N4O/c15-7-9-1-3-12(11(16)5-9)18-10-2-4-13-14(6-10)19-8-17-13/h1-6,8,18H,16H2. The van der Waals surface area contributed by atoms with E-state index in [9.17, 15) is 0 Å². The fraction of sp³-hybridized carbons (Fsp3) is 0. The van der Waals surface area contributed by atoms with Gasteiger partial charge in [0, 0.05) is 11.8 Å². The van der Waals surface area contributed by atoms with Crippen molar-refractivity contribution >= 4 is 28.2 Å². The summed E-state index contributed by atoms with van der Waals surface area (Å²) in [7, 11) is 0. The molecule has 0 spiro atoms. The van der Waals surface area contributed by atoms with Crippen LogP contribution in [-0.4, -0.2) is 4.98 Å². The maximum atomic E-state index is 8.79. The van der Waals surface area contributed by atoms with E-state index in [1.807, 2.05) is 24.3 Å². The molecular formula is C14H10N4O. The molecule has 0 aliphatic heterocycles. The Bertz CT molecular complexity index is 785. The molecule has 0 amide bonds. The fourth-order valence-electron chi connectivity index (χ4n) is 1.83. The quantitative estimate of drug-likeness (QED) is 0.682. The van der Waals surface area contributed by atoms with Crippen molar-refractivity contribution in [3.8, 4) is 6.07 Å². The number of fused-ring (bicyclic) bond motifs is 1. The molecule has 2 aromatic carbocycles. The molecule has 0 aliphatic rings. The van der Waals surface area contributed by atoms with Crippen LogP contribution in [0.5, 0.6) is 0 Å². The van der Waals surface area contributed by atoms with Crippen LogP contribution in [0.1, 0.15) is 5.56 Å². The number of nitriles is 1. The van der Waals surface area contributed by atoms with E-state index in [1.54, 1.807) is 18.2 Å². The molecule has 3 rings (SSSR count). The van der Waals surface area contributed by atoms with Crippen LogP contribution in [0.15, 0.2) is 47.2 Å². The van der Waals surface area contributed by atoms with E-state index in [1.165, 1.54) is 6.39 Å². The van der Waals surface area contributed by atoms with E-state index < -0.39 is 0 Å². The van der Waals surface area contributed by atoms with Crippen LogP contribution in [0, 0.1) is 11.3 Å². The molecule has 0 radical (unpaired) electrons. The van der Waals surface area contributed by atoms with Crippen LogP contribution in [0.2, 0.25) is 0 Å². The highest BCUT2D eigenvalue weighted by Crippen LogP contribution is 2.26. The number of nitrogens with one attached hydrogen (secondary N) is 1. The number of nitrogens with two attached hydrogens (primary N) is 1. The maximum Gasteiger partial charge on any atom is 0.181 e. The minimum Gasteiger partial charge on any atom is -0.443 e. The summed E-state index contributed by atoms with van der Waals surface area (Å²) in [5.74, 6) is 0. The van der Waals surface area contributed by atoms with Crippen molar-refractivity contribution < 1.29 is 4.42 Å². The minimum atomic E-state index is 0.525. The summed E-state index contributed by atoms with van der Waals surface area (Å²) in [6.45, 7) is 0. The molecule has 3 N–H and O–H groups in total. The SMILES string of the molecule is N#Cc1ccc(Nc2ccc3ncoc3c2)c(N)c1. The molecular weight excluding hydrogens is 240 g/mol. The van der Waals surface area contributed by atoms with Crippen molar-refractivity contribution in [3.05, 3.63) is 48.4 Å². The molecule has 0 unspecified atom stereocenters. The summed E-state index contributed by atoms with van der Waals surface area (Å²) in [4.78, 5) is 4.05. The van der Waals surface area contributed by atoms with Gasteiger partial charge in [-0.25, -0.2) is 4.98 Å². The highest BCUT2D eigenvalue weighted by Gasteiger charge is 2.04. The third-order valence-corrected chi connectivity index (χ3v) is 2.79. The Morgan fingerprint density at radius 2 is 2.11 bits per heavy atom. The molecule has 1 heterocycles. The Morgan fingerprint density at radius 1 is 1.21 bits per heavy atom. The lowest BCUT2D eigenvalue weighted by atomic mass is 10.2. The average Bonchev–Trinajstić information content (AvgIpc) is 2.88. The Hall–Kier alpha value is -3.00. The van der Waals surface area contributed by atoms with Gasteiger partial charge in [-0.15, -0.1) is 0 Å². The number of anilines is 3. The largest absolute Gasteiger partial charge is 0.443 e. The highest BCUT2D eigenvalue weighted by atomic mass is 16.3. The molecule has 19 heavy (non-hydrogen) atoms. The third-order valence-electron chi connectivity index (χ3n) is 2.79. The predicted octanol–water partition coefficient (Wildman–Crippen LogP) is 3.03. The van der Waals surface area contributed by atoms with E-state index in [-0.39, 0.29) is 0 Å². The van der Waals surface area contributed by atoms with E-state index in [2.05, 4.69) is 10.3 Å².